The Morgan fingerprint density at radius 3 is 2.48 bits per heavy atom. The molecule has 0 bridgehead atoms. The van der Waals surface area contributed by atoms with Crippen LogP contribution in [0.25, 0.3) is 0 Å². The zero-order valence-electron chi connectivity index (χ0n) is 12.4. The molecule has 3 atom stereocenters. The van der Waals surface area contributed by atoms with E-state index in [2.05, 4.69) is 54.8 Å². The number of halogens is 1. The number of hydrogen-bond donors (Lipinski definition) is 1. The van der Waals surface area contributed by atoms with Crippen LogP contribution in [0, 0.1) is 11.8 Å². The Morgan fingerprint density at radius 2 is 1.81 bits per heavy atom. The smallest absolute Gasteiger partial charge is 0.0406 e. The molecule has 1 saturated carbocycles. The van der Waals surface area contributed by atoms with Gasteiger partial charge < -0.3 is 5.32 Å². The van der Waals surface area contributed by atoms with Crippen molar-refractivity contribution in [3.63, 3.8) is 0 Å². The zero-order chi connectivity index (χ0) is 14.7. The number of nitrogens with one attached hydrogen (secondary N) is 1. The molecule has 3 rings (SSSR count). The lowest BCUT2D eigenvalue weighted by Crippen LogP contribution is -2.23. The third-order valence-electron chi connectivity index (χ3n) is 4.55. The zero-order valence-corrected chi connectivity index (χ0v) is 13.2. The van der Waals surface area contributed by atoms with E-state index >= 15 is 0 Å². The van der Waals surface area contributed by atoms with E-state index in [-0.39, 0.29) is 0 Å². The summed E-state index contributed by atoms with van der Waals surface area (Å²) >= 11 is 5.98. The highest BCUT2D eigenvalue weighted by Crippen LogP contribution is 2.52. The molecule has 2 heteroatoms. The molecule has 0 aliphatic heterocycles. The Kier molecular flexibility index (Phi) is 4.62. The van der Waals surface area contributed by atoms with E-state index in [0.717, 1.165) is 29.8 Å². The normalized spacial score (nSPS) is 22.0. The molecule has 1 nitrogen and oxygen atoms in total. The van der Waals surface area contributed by atoms with Gasteiger partial charge in [-0.15, -0.1) is 0 Å². The second kappa shape index (κ2) is 6.64. The summed E-state index contributed by atoms with van der Waals surface area (Å²) in [6.45, 7) is 1.08. The van der Waals surface area contributed by atoms with Crippen LogP contribution in [0.2, 0.25) is 5.02 Å². The minimum Gasteiger partial charge on any atom is -0.319 e. The third kappa shape index (κ3) is 3.66. The summed E-state index contributed by atoms with van der Waals surface area (Å²) in [5.74, 6) is 2.24. The van der Waals surface area contributed by atoms with Crippen molar-refractivity contribution in [1.82, 2.24) is 5.32 Å². The standard InChI is InChI=1S/C19H22ClN/c1-21-13-16(11-14-7-9-17(20)10-8-14)19-12-18(19)15-5-3-2-4-6-15/h2-10,16,18-19,21H,11-13H2,1H3. The van der Waals surface area contributed by atoms with Gasteiger partial charge in [-0.25, -0.2) is 0 Å². The summed E-state index contributed by atoms with van der Waals surface area (Å²) in [5.41, 5.74) is 2.89. The molecule has 3 unspecified atom stereocenters. The first-order chi connectivity index (χ1) is 10.3. The van der Waals surface area contributed by atoms with Gasteiger partial charge in [-0.1, -0.05) is 54.1 Å². The first-order valence-corrected chi connectivity index (χ1v) is 8.09. The van der Waals surface area contributed by atoms with Gasteiger partial charge in [0.05, 0.1) is 0 Å². The van der Waals surface area contributed by atoms with Crippen LogP contribution in [-0.2, 0) is 6.42 Å². The fourth-order valence-corrected chi connectivity index (χ4v) is 3.51. The van der Waals surface area contributed by atoms with Crippen LogP contribution < -0.4 is 5.32 Å². The number of hydrogen-bond acceptors (Lipinski definition) is 1. The first kappa shape index (κ1) is 14.6. The maximum atomic E-state index is 5.98. The molecule has 1 aliphatic carbocycles. The molecule has 110 valence electrons. The van der Waals surface area contributed by atoms with Crippen molar-refractivity contribution >= 4 is 11.6 Å². The average Bonchev–Trinajstić information content (AvgIpc) is 3.30. The molecule has 1 fully saturated rings. The van der Waals surface area contributed by atoms with Crippen LogP contribution in [0.4, 0.5) is 0 Å². The number of benzene rings is 2. The summed E-state index contributed by atoms with van der Waals surface area (Å²) in [6, 6.07) is 19.2. The lowest BCUT2D eigenvalue weighted by Gasteiger charge is -2.17. The van der Waals surface area contributed by atoms with Gasteiger partial charge >= 0.3 is 0 Å². The van der Waals surface area contributed by atoms with Crippen molar-refractivity contribution in [2.75, 3.05) is 13.6 Å². The number of rotatable bonds is 6. The van der Waals surface area contributed by atoms with Crippen LogP contribution in [-0.4, -0.2) is 13.6 Å². The van der Waals surface area contributed by atoms with Crippen LogP contribution in [0.5, 0.6) is 0 Å². The maximum absolute atomic E-state index is 5.98. The molecule has 0 aromatic heterocycles. The van der Waals surface area contributed by atoms with Gasteiger partial charge in [0.15, 0.2) is 0 Å². The molecule has 2 aromatic carbocycles. The fourth-order valence-electron chi connectivity index (χ4n) is 3.38. The minimum atomic E-state index is 0.696. The Balaban J connectivity index is 1.67. The molecular formula is C19H22ClN. The minimum absolute atomic E-state index is 0.696. The summed E-state index contributed by atoms with van der Waals surface area (Å²) in [4.78, 5) is 0. The van der Waals surface area contributed by atoms with Gasteiger partial charge in [0.2, 0.25) is 0 Å². The van der Waals surface area contributed by atoms with Crippen molar-refractivity contribution < 1.29 is 0 Å². The molecule has 0 amide bonds. The van der Waals surface area contributed by atoms with Crippen LogP contribution >= 0.6 is 11.6 Å². The van der Waals surface area contributed by atoms with E-state index in [9.17, 15) is 0 Å². The van der Waals surface area contributed by atoms with E-state index in [1.165, 1.54) is 17.5 Å². The van der Waals surface area contributed by atoms with Gasteiger partial charge in [-0.05, 0) is 67.4 Å². The predicted octanol–water partition coefficient (Wildman–Crippen LogP) is 4.52. The highest BCUT2D eigenvalue weighted by Gasteiger charge is 2.43. The van der Waals surface area contributed by atoms with E-state index in [0.29, 0.717) is 5.92 Å². The van der Waals surface area contributed by atoms with Gasteiger partial charge in [-0.2, -0.15) is 0 Å². The van der Waals surface area contributed by atoms with Gasteiger partial charge in [-0.3, -0.25) is 0 Å². The SMILES string of the molecule is CNCC(Cc1ccc(Cl)cc1)C1CC1c1ccccc1. The molecule has 0 saturated heterocycles. The molecule has 0 spiro atoms. The maximum Gasteiger partial charge on any atom is 0.0406 e. The Morgan fingerprint density at radius 1 is 1.10 bits per heavy atom. The Labute approximate surface area is 132 Å². The van der Waals surface area contributed by atoms with Crippen molar-refractivity contribution in [1.29, 1.82) is 0 Å². The van der Waals surface area contributed by atoms with Crippen molar-refractivity contribution in [2.24, 2.45) is 11.8 Å². The first-order valence-electron chi connectivity index (χ1n) is 7.72. The Bertz CT molecular complexity index is 564. The average molecular weight is 300 g/mol. The molecule has 1 aliphatic rings. The van der Waals surface area contributed by atoms with Crippen LogP contribution in [0.15, 0.2) is 54.6 Å². The predicted molar refractivity (Wildman–Crippen MR) is 89.9 cm³/mol. The van der Waals surface area contributed by atoms with E-state index in [4.69, 9.17) is 11.6 Å². The molecule has 21 heavy (non-hydrogen) atoms. The third-order valence-corrected chi connectivity index (χ3v) is 4.80. The lowest BCUT2D eigenvalue weighted by molar-refractivity contribution is 0.431. The van der Waals surface area contributed by atoms with Crippen molar-refractivity contribution in [2.45, 2.75) is 18.8 Å². The van der Waals surface area contributed by atoms with E-state index in [1.807, 2.05) is 12.1 Å². The summed E-state index contributed by atoms with van der Waals surface area (Å²) in [7, 11) is 2.05. The Hall–Kier alpha value is -1.31. The van der Waals surface area contributed by atoms with E-state index in [1.54, 1.807) is 0 Å². The second-order valence-corrected chi connectivity index (χ2v) is 6.50. The summed E-state index contributed by atoms with van der Waals surface area (Å²) < 4.78 is 0. The second-order valence-electron chi connectivity index (χ2n) is 6.07. The monoisotopic (exact) mass is 299 g/mol. The highest BCUT2D eigenvalue weighted by molar-refractivity contribution is 6.30. The van der Waals surface area contributed by atoms with Crippen molar-refractivity contribution in [3.05, 3.63) is 70.7 Å². The molecule has 0 radical (unpaired) electrons. The van der Waals surface area contributed by atoms with Crippen LogP contribution in [0.3, 0.4) is 0 Å². The fraction of sp³-hybridized carbons (Fsp3) is 0.368. The van der Waals surface area contributed by atoms with Gasteiger partial charge in [0.25, 0.3) is 0 Å². The quantitative estimate of drug-likeness (QED) is 0.827. The van der Waals surface area contributed by atoms with Crippen molar-refractivity contribution in [3.8, 4) is 0 Å². The van der Waals surface area contributed by atoms with Gasteiger partial charge in [0.1, 0.15) is 0 Å². The topological polar surface area (TPSA) is 12.0 Å². The largest absolute Gasteiger partial charge is 0.319 e. The van der Waals surface area contributed by atoms with Gasteiger partial charge in [0, 0.05) is 5.02 Å². The highest BCUT2D eigenvalue weighted by atomic mass is 35.5. The lowest BCUT2D eigenvalue weighted by atomic mass is 9.92. The summed E-state index contributed by atoms with van der Waals surface area (Å²) in [5, 5.41) is 4.18. The molecule has 0 heterocycles. The van der Waals surface area contributed by atoms with E-state index < -0.39 is 0 Å². The molecule has 1 N–H and O–H groups in total. The molecular weight excluding hydrogens is 278 g/mol. The summed E-state index contributed by atoms with van der Waals surface area (Å²) in [6.07, 6.45) is 2.45. The van der Waals surface area contributed by atoms with Crippen LogP contribution in [0.1, 0.15) is 23.5 Å². The molecule has 2 aromatic rings.